The van der Waals surface area contributed by atoms with Gasteiger partial charge in [0.15, 0.2) is 0 Å². The van der Waals surface area contributed by atoms with Crippen molar-refractivity contribution in [3.8, 4) is 0 Å². The van der Waals surface area contributed by atoms with Crippen molar-refractivity contribution in [3.63, 3.8) is 0 Å². The first-order valence-corrected chi connectivity index (χ1v) is 5.84. The van der Waals surface area contributed by atoms with Gasteiger partial charge in [-0.1, -0.05) is 18.2 Å². The molecule has 0 aromatic heterocycles. The average Bonchev–Trinajstić information content (AvgIpc) is 2.25. The molecule has 1 heterocycles. The third kappa shape index (κ3) is 3.26. The maximum Gasteiger partial charge on any atom is 0.416 e. The minimum absolute atomic E-state index is 0.0833. The zero-order valence-corrected chi connectivity index (χ0v) is 10.4. The molecule has 6 heteroatoms. The van der Waals surface area contributed by atoms with E-state index in [2.05, 4.69) is 0 Å². The number of hydrogen-bond donors (Lipinski definition) is 1. The van der Waals surface area contributed by atoms with Crippen LogP contribution in [-0.2, 0) is 17.4 Å². The number of alkyl halides is 3. The second-order valence-corrected chi connectivity index (χ2v) is 5.12. The lowest BCUT2D eigenvalue weighted by molar-refractivity contribution is -0.151. The first-order valence-electron chi connectivity index (χ1n) is 5.84. The molecule has 3 nitrogen and oxygen atoms in total. The van der Waals surface area contributed by atoms with E-state index in [1.807, 2.05) is 0 Å². The lowest BCUT2D eigenvalue weighted by Crippen LogP contribution is -2.62. The number of hydrogen-bond acceptors (Lipinski definition) is 2. The highest BCUT2D eigenvalue weighted by Gasteiger charge is 2.39. The second-order valence-electron chi connectivity index (χ2n) is 5.12. The van der Waals surface area contributed by atoms with Crippen LogP contribution in [-0.4, -0.2) is 34.6 Å². The van der Waals surface area contributed by atoms with Gasteiger partial charge in [0, 0.05) is 0 Å². The van der Waals surface area contributed by atoms with Gasteiger partial charge in [0.25, 0.3) is 0 Å². The zero-order chi connectivity index (χ0) is 14.3. The predicted octanol–water partition coefficient (Wildman–Crippen LogP) is 1.84. The van der Waals surface area contributed by atoms with Crippen LogP contribution >= 0.6 is 0 Å². The number of likely N-dealkylation sites (tertiary alicyclic amines) is 1. The molecule has 0 unspecified atom stereocenters. The molecule has 1 fully saturated rings. The molecular formula is C13H14F3NO2. The SMILES string of the molecule is CC1(O)CN(C(=O)Cc2cccc(C(F)(F)F)c2)C1. The largest absolute Gasteiger partial charge is 0.416 e. The molecule has 0 aliphatic carbocycles. The van der Waals surface area contributed by atoms with Crippen LogP contribution < -0.4 is 0 Å². The van der Waals surface area contributed by atoms with E-state index in [4.69, 9.17) is 0 Å². The highest BCUT2D eigenvalue weighted by Crippen LogP contribution is 2.30. The Bertz CT molecular complexity index is 489. The minimum atomic E-state index is -4.40. The number of rotatable bonds is 2. The first kappa shape index (κ1) is 13.9. The van der Waals surface area contributed by atoms with E-state index < -0.39 is 17.3 Å². The number of benzene rings is 1. The fourth-order valence-corrected chi connectivity index (χ4v) is 2.10. The Labute approximate surface area is 108 Å². The van der Waals surface area contributed by atoms with Crippen LogP contribution in [0.5, 0.6) is 0 Å². The van der Waals surface area contributed by atoms with Gasteiger partial charge in [0.2, 0.25) is 5.91 Å². The Hall–Kier alpha value is -1.56. The lowest BCUT2D eigenvalue weighted by Gasteiger charge is -2.44. The van der Waals surface area contributed by atoms with E-state index in [9.17, 15) is 23.1 Å². The zero-order valence-electron chi connectivity index (χ0n) is 10.4. The molecule has 0 saturated carbocycles. The van der Waals surface area contributed by atoms with Crippen LogP contribution in [0.25, 0.3) is 0 Å². The molecule has 1 aliphatic heterocycles. The van der Waals surface area contributed by atoms with Crippen molar-refractivity contribution in [3.05, 3.63) is 35.4 Å². The Morgan fingerprint density at radius 2 is 2.05 bits per heavy atom. The minimum Gasteiger partial charge on any atom is -0.386 e. The number of amides is 1. The summed E-state index contributed by atoms with van der Waals surface area (Å²) in [6.45, 7) is 2.07. The van der Waals surface area contributed by atoms with Crippen molar-refractivity contribution in [2.75, 3.05) is 13.1 Å². The van der Waals surface area contributed by atoms with Crippen molar-refractivity contribution in [1.29, 1.82) is 0 Å². The average molecular weight is 273 g/mol. The summed E-state index contributed by atoms with van der Waals surface area (Å²) in [5, 5.41) is 9.51. The molecule has 104 valence electrons. The van der Waals surface area contributed by atoms with Crippen LogP contribution in [0.2, 0.25) is 0 Å². The number of β-amino-alcohol motifs (C(OH)–C–C–N with tert-alkyl or cyclic N) is 1. The van der Waals surface area contributed by atoms with Crippen LogP contribution in [0.1, 0.15) is 18.1 Å². The van der Waals surface area contributed by atoms with Gasteiger partial charge < -0.3 is 10.0 Å². The summed E-state index contributed by atoms with van der Waals surface area (Å²) in [5.41, 5.74) is -1.30. The molecule has 1 aromatic carbocycles. The smallest absolute Gasteiger partial charge is 0.386 e. The van der Waals surface area contributed by atoms with E-state index >= 15 is 0 Å². The van der Waals surface area contributed by atoms with Gasteiger partial charge in [-0.25, -0.2) is 0 Å². The fourth-order valence-electron chi connectivity index (χ4n) is 2.10. The van der Waals surface area contributed by atoms with E-state index in [0.29, 0.717) is 5.56 Å². The molecule has 0 radical (unpaired) electrons. The molecule has 1 aliphatic rings. The number of carbonyl (C=O) groups excluding carboxylic acids is 1. The number of nitrogens with zero attached hydrogens (tertiary/aromatic N) is 1. The Balaban J connectivity index is 2.02. The van der Waals surface area contributed by atoms with Crippen LogP contribution in [0, 0.1) is 0 Å². The Kier molecular flexibility index (Phi) is 3.30. The normalized spacial score (nSPS) is 18.1. The van der Waals surface area contributed by atoms with E-state index in [1.165, 1.54) is 17.0 Å². The first-order chi connectivity index (χ1) is 8.67. The summed E-state index contributed by atoms with van der Waals surface area (Å²) in [7, 11) is 0. The van der Waals surface area contributed by atoms with Crippen LogP contribution in [0.4, 0.5) is 13.2 Å². The van der Waals surface area contributed by atoms with Gasteiger partial charge in [-0.15, -0.1) is 0 Å². The second kappa shape index (κ2) is 4.52. The van der Waals surface area contributed by atoms with Gasteiger partial charge in [-0.2, -0.15) is 13.2 Å². The van der Waals surface area contributed by atoms with Crippen molar-refractivity contribution in [1.82, 2.24) is 4.90 Å². The molecule has 0 atom stereocenters. The number of halogens is 3. The summed E-state index contributed by atoms with van der Waals surface area (Å²) in [6.07, 6.45) is -4.49. The topological polar surface area (TPSA) is 40.5 Å². The maximum atomic E-state index is 12.5. The summed E-state index contributed by atoms with van der Waals surface area (Å²) < 4.78 is 37.5. The summed E-state index contributed by atoms with van der Waals surface area (Å²) in [4.78, 5) is 13.2. The predicted molar refractivity (Wildman–Crippen MR) is 62.4 cm³/mol. The highest BCUT2D eigenvalue weighted by molar-refractivity contribution is 5.79. The van der Waals surface area contributed by atoms with Gasteiger partial charge >= 0.3 is 6.18 Å². The molecule has 1 saturated heterocycles. The molecule has 0 spiro atoms. The maximum absolute atomic E-state index is 12.5. The Morgan fingerprint density at radius 1 is 1.42 bits per heavy atom. The molecule has 0 bridgehead atoms. The van der Waals surface area contributed by atoms with Gasteiger partial charge in [-0.3, -0.25) is 4.79 Å². The molecular weight excluding hydrogens is 259 g/mol. The molecule has 1 amide bonds. The lowest BCUT2D eigenvalue weighted by atomic mass is 9.96. The van der Waals surface area contributed by atoms with Crippen molar-refractivity contribution >= 4 is 5.91 Å². The summed E-state index contributed by atoms with van der Waals surface area (Å²) in [5.74, 6) is -0.272. The van der Waals surface area contributed by atoms with Crippen molar-refractivity contribution in [2.24, 2.45) is 0 Å². The number of aliphatic hydroxyl groups is 1. The van der Waals surface area contributed by atoms with E-state index in [0.717, 1.165) is 12.1 Å². The summed E-state index contributed by atoms with van der Waals surface area (Å²) >= 11 is 0. The molecule has 1 N–H and O–H groups in total. The van der Waals surface area contributed by atoms with E-state index in [1.54, 1.807) is 6.92 Å². The standard InChI is InChI=1S/C13H14F3NO2/c1-12(19)7-17(8-12)11(18)6-9-3-2-4-10(5-9)13(14,15)16/h2-5,19H,6-8H2,1H3. The van der Waals surface area contributed by atoms with Gasteiger partial charge in [0.05, 0.1) is 30.7 Å². The third-order valence-corrected chi connectivity index (χ3v) is 3.03. The molecule has 19 heavy (non-hydrogen) atoms. The molecule has 2 rings (SSSR count). The van der Waals surface area contributed by atoms with E-state index in [-0.39, 0.29) is 25.4 Å². The highest BCUT2D eigenvalue weighted by atomic mass is 19.4. The van der Waals surface area contributed by atoms with Gasteiger partial charge in [0.1, 0.15) is 0 Å². The summed E-state index contributed by atoms with van der Waals surface area (Å²) in [6, 6.07) is 4.74. The van der Waals surface area contributed by atoms with Crippen molar-refractivity contribution < 1.29 is 23.1 Å². The quantitative estimate of drug-likeness (QED) is 0.893. The third-order valence-electron chi connectivity index (χ3n) is 3.03. The van der Waals surface area contributed by atoms with Gasteiger partial charge in [-0.05, 0) is 18.6 Å². The van der Waals surface area contributed by atoms with Crippen molar-refractivity contribution in [2.45, 2.75) is 25.1 Å². The Morgan fingerprint density at radius 3 is 2.58 bits per heavy atom. The van der Waals surface area contributed by atoms with Crippen LogP contribution in [0.3, 0.4) is 0 Å². The fraction of sp³-hybridized carbons (Fsp3) is 0.462. The van der Waals surface area contributed by atoms with Crippen LogP contribution in [0.15, 0.2) is 24.3 Å². The number of carbonyl (C=O) groups is 1. The monoisotopic (exact) mass is 273 g/mol. The molecule has 1 aromatic rings.